The van der Waals surface area contributed by atoms with Gasteiger partial charge in [0.05, 0.1) is 23.7 Å². The van der Waals surface area contributed by atoms with Gasteiger partial charge in [-0.1, -0.05) is 39.0 Å². The van der Waals surface area contributed by atoms with Crippen LogP contribution in [-0.2, 0) is 29.7 Å². The summed E-state index contributed by atoms with van der Waals surface area (Å²) in [5, 5.41) is 2.73. The van der Waals surface area contributed by atoms with Crippen molar-refractivity contribution in [3.63, 3.8) is 0 Å². The molecule has 1 fully saturated rings. The molecule has 1 aliphatic heterocycles. The summed E-state index contributed by atoms with van der Waals surface area (Å²) in [6.07, 6.45) is -1.07. The number of amides is 1. The molecular formula is C24H30N2O6S. The van der Waals surface area contributed by atoms with Gasteiger partial charge in [0.25, 0.3) is 5.91 Å². The van der Waals surface area contributed by atoms with Gasteiger partial charge in [0.2, 0.25) is 10.0 Å². The Labute approximate surface area is 194 Å². The zero-order valence-electron chi connectivity index (χ0n) is 19.3. The van der Waals surface area contributed by atoms with Crippen LogP contribution in [0.25, 0.3) is 0 Å². The number of carbonyl (C=O) groups is 2. The van der Waals surface area contributed by atoms with E-state index < -0.39 is 28.0 Å². The number of hydrogen-bond acceptors (Lipinski definition) is 6. The number of carbonyl (C=O) groups excluding carboxylic acids is 2. The van der Waals surface area contributed by atoms with Gasteiger partial charge in [-0.05, 0) is 48.2 Å². The number of anilines is 1. The van der Waals surface area contributed by atoms with Crippen LogP contribution in [0.5, 0.6) is 0 Å². The molecule has 2 aromatic rings. The molecule has 0 aliphatic carbocycles. The predicted molar refractivity (Wildman–Crippen MR) is 125 cm³/mol. The van der Waals surface area contributed by atoms with E-state index >= 15 is 0 Å². The second-order valence-electron chi connectivity index (χ2n) is 8.91. The maximum Gasteiger partial charge on any atom is 0.338 e. The molecule has 2 aromatic carbocycles. The Bertz CT molecular complexity index is 1100. The Morgan fingerprint density at radius 2 is 1.70 bits per heavy atom. The van der Waals surface area contributed by atoms with Crippen LogP contribution in [-0.4, -0.2) is 57.0 Å². The molecule has 1 amide bonds. The van der Waals surface area contributed by atoms with Gasteiger partial charge in [-0.25, -0.2) is 13.2 Å². The Balaban J connectivity index is 1.64. The molecule has 9 heteroatoms. The van der Waals surface area contributed by atoms with Crippen molar-refractivity contribution in [3.8, 4) is 0 Å². The minimum atomic E-state index is -3.75. The highest BCUT2D eigenvalue weighted by Crippen LogP contribution is 2.24. The molecule has 1 unspecified atom stereocenters. The third kappa shape index (κ3) is 6.19. The standard InChI is InChI=1S/C24H30N2O6S/c1-17(22(27)25-20-10-8-19(9-11-20)24(2,3)4)32-23(28)18-6-5-7-21(16-18)33(29,30)26-12-14-31-15-13-26/h5-11,16-17H,12-15H2,1-4H3,(H,25,27). The van der Waals surface area contributed by atoms with Crippen molar-refractivity contribution in [2.24, 2.45) is 0 Å². The fourth-order valence-corrected chi connectivity index (χ4v) is 4.75. The van der Waals surface area contributed by atoms with Crippen LogP contribution in [0.3, 0.4) is 0 Å². The number of rotatable bonds is 6. The maximum atomic E-state index is 12.8. The van der Waals surface area contributed by atoms with E-state index in [4.69, 9.17) is 9.47 Å². The van der Waals surface area contributed by atoms with Crippen molar-refractivity contribution in [1.29, 1.82) is 0 Å². The van der Waals surface area contributed by atoms with Gasteiger partial charge in [0.15, 0.2) is 6.10 Å². The third-order valence-corrected chi connectivity index (χ3v) is 7.24. The van der Waals surface area contributed by atoms with E-state index in [-0.39, 0.29) is 29.0 Å². The number of nitrogens with zero attached hydrogens (tertiary/aromatic N) is 1. The minimum Gasteiger partial charge on any atom is -0.449 e. The highest BCUT2D eigenvalue weighted by Gasteiger charge is 2.27. The van der Waals surface area contributed by atoms with E-state index in [1.165, 1.54) is 35.5 Å². The Morgan fingerprint density at radius 3 is 2.30 bits per heavy atom. The van der Waals surface area contributed by atoms with Crippen LogP contribution in [0.15, 0.2) is 53.4 Å². The van der Waals surface area contributed by atoms with E-state index in [1.54, 1.807) is 12.1 Å². The molecule has 33 heavy (non-hydrogen) atoms. The topological polar surface area (TPSA) is 102 Å². The highest BCUT2D eigenvalue weighted by molar-refractivity contribution is 7.89. The van der Waals surface area contributed by atoms with Gasteiger partial charge in [0, 0.05) is 18.8 Å². The number of nitrogens with one attached hydrogen (secondary N) is 1. The fraction of sp³-hybridized carbons (Fsp3) is 0.417. The molecule has 0 saturated carbocycles. The summed E-state index contributed by atoms with van der Waals surface area (Å²) in [5.74, 6) is -1.26. The summed E-state index contributed by atoms with van der Waals surface area (Å²) in [6.45, 7) is 8.93. The van der Waals surface area contributed by atoms with E-state index in [1.807, 2.05) is 12.1 Å². The maximum absolute atomic E-state index is 12.8. The van der Waals surface area contributed by atoms with Crippen LogP contribution in [0, 0.1) is 0 Å². The molecule has 178 valence electrons. The van der Waals surface area contributed by atoms with E-state index in [0.29, 0.717) is 18.9 Å². The normalized spacial score (nSPS) is 16.1. The van der Waals surface area contributed by atoms with Crippen LogP contribution < -0.4 is 5.32 Å². The molecule has 1 N–H and O–H groups in total. The summed E-state index contributed by atoms with van der Waals surface area (Å²) in [5.41, 5.74) is 1.77. The molecular weight excluding hydrogens is 444 g/mol. The lowest BCUT2D eigenvalue weighted by atomic mass is 9.87. The molecule has 1 saturated heterocycles. The van der Waals surface area contributed by atoms with Crippen molar-refractivity contribution >= 4 is 27.6 Å². The molecule has 3 rings (SSSR count). The molecule has 1 atom stereocenters. The van der Waals surface area contributed by atoms with Crippen LogP contribution >= 0.6 is 0 Å². The third-order valence-electron chi connectivity index (χ3n) is 5.35. The number of morpholine rings is 1. The van der Waals surface area contributed by atoms with Gasteiger partial charge in [-0.3, -0.25) is 4.79 Å². The van der Waals surface area contributed by atoms with Crippen LogP contribution in [0.1, 0.15) is 43.6 Å². The van der Waals surface area contributed by atoms with Gasteiger partial charge < -0.3 is 14.8 Å². The molecule has 0 aromatic heterocycles. The van der Waals surface area contributed by atoms with E-state index in [0.717, 1.165) is 5.56 Å². The zero-order valence-corrected chi connectivity index (χ0v) is 20.1. The van der Waals surface area contributed by atoms with E-state index in [2.05, 4.69) is 26.1 Å². The molecule has 1 aliphatic rings. The number of esters is 1. The Kier molecular flexibility index (Phi) is 7.56. The number of ether oxygens (including phenoxy) is 2. The monoisotopic (exact) mass is 474 g/mol. The first-order valence-electron chi connectivity index (χ1n) is 10.8. The first-order valence-corrected chi connectivity index (χ1v) is 12.2. The first-order chi connectivity index (χ1) is 15.5. The average molecular weight is 475 g/mol. The number of benzene rings is 2. The number of sulfonamides is 1. The second-order valence-corrected chi connectivity index (χ2v) is 10.8. The first kappa shape index (κ1) is 24.9. The highest BCUT2D eigenvalue weighted by atomic mass is 32.2. The second kappa shape index (κ2) is 10.0. The van der Waals surface area contributed by atoms with Crippen molar-refractivity contribution < 1.29 is 27.5 Å². The van der Waals surface area contributed by atoms with Crippen molar-refractivity contribution in [2.75, 3.05) is 31.6 Å². The SMILES string of the molecule is CC(OC(=O)c1cccc(S(=O)(=O)N2CCOCC2)c1)C(=O)Nc1ccc(C(C)(C)C)cc1. The largest absolute Gasteiger partial charge is 0.449 e. The van der Waals surface area contributed by atoms with Crippen molar-refractivity contribution in [1.82, 2.24) is 4.31 Å². The van der Waals surface area contributed by atoms with Crippen LogP contribution in [0.4, 0.5) is 5.69 Å². The summed E-state index contributed by atoms with van der Waals surface area (Å²) >= 11 is 0. The molecule has 0 spiro atoms. The van der Waals surface area contributed by atoms with Crippen molar-refractivity contribution in [2.45, 2.75) is 44.1 Å². The number of hydrogen-bond donors (Lipinski definition) is 1. The molecule has 1 heterocycles. The summed E-state index contributed by atoms with van der Waals surface area (Å²) < 4.78 is 37.5. The smallest absolute Gasteiger partial charge is 0.338 e. The molecule has 0 radical (unpaired) electrons. The van der Waals surface area contributed by atoms with Gasteiger partial charge >= 0.3 is 5.97 Å². The Hall–Kier alpha value is -2.75. The quantitative estimate of drug-likeness (QED) is 0.645. The van der Waals surface area contributed by atoms with Gasteiger partial charge in [0.1, 0.15) is 0 Å². The zero-order chi connectivity index (χ0) is 24.2. The Morgan fingerprint density at radius 1 is 1.06 bits per heavy atom. The van der Waals surface area contributed by atoms with Crippen LogP contribution in [0.2, 0.25) is 0 Å². The summed E-state index contributed by atoms with van der Waals surface area (Å²) in [4.78, 5) is 25.1. The summed E-state index contributed by atoms with van der Waals surface area (Å²) in [7, 11) is -3.75. The fourth-order valence-electron chi connectivity index (χ4n) is 3.30. The molecule has 0 bridgehead atoms. The lowest BCUT2D eigenvalue weighted by molar-refractivity contribution is -0.123. The summed E-state index contributed by atoms with van der Waals surface area (Å²) in [6, 6.07) is 13.1. The van der Waals surface area contributed by atoms with Gasteiger partial charge in [-0.2, -0.15) is 4.31 Å². The lowest BCUT2D eigenvalue weighted by Gasteiger charge is -2.26. The predicted octanol–water partition coefficient (Wildman–Crippen LogP) is 3.19. The van der Waals surface area contributed by atoms with Crippen molar-refractivity contribution in [3.05, 3.63) is 59.7 Å². The average Bonchev–Trinajstić information content (AvgIpc) is 2.79. The molecule has 8 nitrogen and oxygen atoms in total. The minimum absolute atomic E-state index is 0.00473. The lowest BCUT2D eigenvalue weighted by Crippen LogP contribution is -2.40. The van der Waals surface area contributed by atoms with Gasteiger partial charge in [-0.15, -0.1) is 0 Å². The van der Waals surface area contributed by atoms with E-state index in [9.17, 15) is 18.0 Å².